The number of carbonyl (C=O) groups is 1. The number of aromatic nitrogens is 1. The van der Waals surface area contributed by atoms with Crippen LogP contribution in [0, 0.1) is 5.92 Å². The molecule has 1 aliphatic rings. The maximum absolute atomic E-state index is 11.4. The number of fused-ring (bicyclic) bond motifs is 1. The summed E-state index contributed by atoms with van der Waals surface area (Å²) in [7, 11) is 0. The summed E-state index contributed by atoms with van der Waals surface area (Å²) in [6, 6.07) is 7.87. The maximum atomic E-state index is 11.4. The molecule has 1 saturated heterocycles. The number of ether oxygens (including phenoxy) is 1. The highest BCUT2D eigenvalue weighted by atomic mass is 32.1. The van der Waals surface area contributed by atoms with Gasteiger partial charge in [-0.2, -0.15) is 4.37 Å². The summed E-state index contributed by atoms with van der Waals surface area (Å²) in [5.74, 6) is -1.26. The van der Waals surface area contributed by atoms with Gasteiger partial charge in [-0.1, -0.05) is 19.1 Å². The van der Waals surface area contributed by atoms with E-state index in [0.717, 1.165) is 28.9 Å². The van der Waals surface area contributed by atoms with Crippen molar-refractivity contribution in [3.05, 3.63) is 24.3 Å². The smallest absolute Gasteiger partial charge is 0.311 e. The van der Waals surface area contributed by atoms with E-state index < -0.39 is 11.9 Å². The van der Waals surface area contributed by atoms with Crippen molar-refractivity contribution in [2.75, 3.05) is 24.7 Å². The van der Waals surface area contributed by atoms with E-state index >= 15 is 0 Å². The van der Waals surface area contributed by atoms with Gasteiger partial charge in [0, 0.05) is 11.9 Å². The summed E-state index contributed by atoms with van der Waals surface area (Å²) in [4.78, 5) is 13.6. The minimum Gasteiger partial charge on any atom is -0.481 e. The van der Waals surface area contributed by atoms with E-state index in [1.165, 1.54) is 11.5 Å². The number of aliphatic carboxylic acids is 1. The van der Waals surface area contributed by atoms with E-state index in [-0.39, 0.29) is 12.6 Å². The topological polar surface area (TPSA) is 62.7 Å². The molecular weight excluding hydrogens is 288 g/mol. The third-order valence-electron chi connectivity index (χ3n) is 3.86. The third-order valence-corrected chi connectivity index (χ3v) is 4.77. The van der Waals surface area contributed by atoms with E-state index in [1.54, 1.807) is 0 Å². The van der Waals surface area contributed by atoms with E-state index in [2.05, 4.69) is 16.2 Å². The van der Waals surface area contributed by atoms with Crippen LogP contribution in [0.3, 0.4) is 0 Å². The Hall–Kier alpha value is -1.66. The summed E-state index contributed by atoms with van der Waals surface area (Å²) in [5, 5.41) is 11.5. The quantitative estimate of drug-likeness (QED) is 0.920. The first-order chi connectivity index (χ1) is 10.2. The molecule has 0 bridgehead atoms. The molecule has 1 N–H and O–H groups in total. The summed E-state index contributed by atoms with van der Waals surface area (Å²) in [6.07, 6.45) is 0.953. The molecule has 2 unspecified atom stereocenters. The Bertz CT molecular complexity index is 643. The monoisotopic (exact) mass is 306 g/mol. The van der Waals surface area contributed by atoms with Gasteiger partial charge in [0.15, 0.2) is 0 Å². The lowest BCUT2D eigenvalue weighted by atomic mass is 10.0. The summed E-state index contributed by atoms with van der Waals surface area (Å²) in [5.41, 5.74) is 0.962. The molecule has 5 nitrogen and oxygen atoms in total. The molecule has 2 atom stereocenters. The molecule has 0 aliphatic carbocycles. The van der Waals surface area contributed by atoms with Crippen LogP contribution >= 0.6 is 11.5 Å². The molecule has 21 heavy (non-hydrogen) atoms. The Morgan fingerprint density at radius 1 is 1.48 bits per heavy atom. The largest absolute Gasteiger partial charge is 0.481 e. The van der Waals surface area contributed by atoms with Crippen molar-refractivity contribution < 1.29 is 14.6 Å². The molecule has 2 heterocycles. The molecule has 1 aliphatic heterocycles. The lowest BCUT2D eigenvalue weighted by Crippen LogP contribution is -2.43. The number of rotatable bonds is 5. The van der Waals surface area contributed by atoms with Crippen LogP contribution in [0.25, 0.3) is 10.9 Å². The molecule has 0 saturated carbocycles. The van der Waals surface area contributed by atoms with E-state index in [0.29, 0.717) is 6.61 Å². The van der Waals surface area contributed by atoms with Crippen LogP contribution in [0.5, 0.6) is 0 Å². The molecule has 0 amide bonds. The number of hydrogen-bond donors (Lipinski definition) is 1. The van der Waals surface area contributed by atoms with E-state index in [1.807, 2.05) is 24.3 Å². The normalized spacial score (nSPS) is 21.8. The molecule has 6 heteroatoms. The second kappa shape index (κ2) is 5.99. The fourth-order valence-corrected chi connectivity index (χ4v) is 3.77. The zero-order chi connectivity index (χ0) is 14.8. The van der Waals surface area contributed by atoms with Gasteiger partial charge < -0.3 is 14.7 Å². The summed E-state index contributed by atoms with van der Waals surface area (Å²) >= 11 is 1.44. The Balaban J connectivity index is 1.99. The highest BCUT2D eigenvalue weighted by molar-refractivity contribution is 7.11. The van der Waals surface area contributed by atoms with Crippen molar-refractivity contribution in [2.45, 2.75) is 19.4 Å². The second-order valence-electron chi connectivity index (χ2n) is 5.25. The minimum atomic E-state index is -0.785. The minimum absolute atomic E-state index is 0.119. The molecule has 1 aromatic heterocycles. The molecule has 3 rings (SSSR count). The van der Waals surface area contributed by atoms with Crippen LogP contribution < -0.4 is 4.90 Å². The number of carboxylic acids is 1. The standard InChI is InChI=1S/C15H18N2O3S/c1-2-7-17(13-9-20-8-11(13)15(18)19)14-10-5-3-4-6-12(10)16-21-14/h3-6,11,13H,2,7-9H2,1H3,(H,18,19). The van der Waals surface area contributed by atoms with Crippen LogP contribution in [-0.2, 0) is 9.53 Å². The highest BCUT2D eigenvalue weighted by Crippen LogP contribution is 2.35. The van der Waals surface area contributed by atoms with Gasteiger partial charge >= 0.3 is 5.97 Å². The molecule has 0 radical (unpaired) electrons. The van der Waals surface area contributed by atoms with Crippen LogP contribution in [0.15, 0.2) is 24.3 Å². The third kappa shape index (κ3) is 2.61. The fourth-order valence-electron chi connectivity index (χ4n) is 2.83. The van der Waals surface area contributed by atoms with Gasteiger partial charge in [0.25, 0.3) is 0 Å². The van der Waals surface area contributed by atoms with Crippen molar-refractivity contribution in [2.24, 2.45) is 5.92 Å². The van der Waals surface area contributed by atoms with Gasteiger partial charge in [0.2, 0.25) is 0 Å². The molecule has 0 spiro atoms. The van der Waals surface area contributed by atoms with Gasteiger partial charge in [0.05, 0.1) is 24.8 Å². The lowest BCUT2D eigenvalue weighted by Gasteiger charge is -2.30. The zero-order valence-electron chi connectivity index (χ0n) is 11.9. The van der Waals surface area contributed by atoms with Gasteiger partial charge in [-0.05, 0) is 30.1 Å². The number of carboxylic acid groups (broad SMARTS) is 1. The van der Waals surface area contributed by atoms with Crippen LogP contribution in [0.4, 0.5) is 5.00 Å². The van der Waals surface area contributed by atoms with E-state index in [4.69, 9.17) is 4.74 Å². The lowest BCUT2D eigenvalue weighted by molar-refractivity contribution is -0.141. The number of hydrogen-bond acceptors (Lipinski definition) is 5. The predicted octanol–water partition coefficient (Wildman–Crippen LogP) is 2.61. The Kier molecular flexibility index (Phi) is 4.07. The number of benzene rings is 1. The van der Waals surface area contributed by atoms with Crippen molar-refractivity contribution in [1.82, 2.24) is 4.37 Å². The Morgan fingerprint density at radius 2 is 2.29 bits per heavy atom. The van der Waals surface area contributed by atoms with Gasteiger partial charge in [-0.25, -0.2) is 0 Å². The summed E-state index contributed by atoms with van der Waals surface area (Å²) in [6.45, 7) is 3.66. The first kappa shape index (κ1) is 14.3. The number of nitrogens with zero attached hydrogens (tertiary/aromatic N) is 2. The van der Waals surface area contributed by atoms with E-state index in [9.17, 15) is 9.90 Å². The second-order valence-corrected chi connectivity index (χ2v) is 6.00. The van der Waals surface area contributed by atoms with Gasteiger partial charge in [-0.3, -0.25) is 4.79 Å². The first-order valence-electron chi connectivity index (χ1n) is 7.14. The first-order valence-corrected chi connectivity index (χ1v) is 7.91. The molecule has 2 aromatic rings. The predicted molar refractivity (Wildman–Crippen MR) is 83.0 cm³/mol. The van der Waals surface area contributed by atoms with Crippen LogP contribution in [0.1, 0.15) is 13.3 Å². The van der Waals surface area contributed by atoms with Crippen molar-refractivity contribution in [1.29, 1.82) is 0 Å². The molecule has 1 fully saturated rings. The Labute approximate surface area is 127 Å². The van der Waals surface area contributed by atoms with Crippen molar-refractivity contribution in [3.63, 3.8) is 0 Å². The SMILES string of the molecule is CCCN(c1snc2ccccc12)C1COCC1C(=O)O. The molecule has 1 aromatic carbocycles. The van der Waals surface area contributed by atoms with Crippen molar-refractivity contribution >= 4 is 33.4 Å². The maximum Gasteiger partial charge on any atom is 0.311 e. The fraction of sp³-hybridized carbons (Fsp3) is 0.467. The van der Waals surface area contributed by atoms with Gasteiger partial charge in [0.1, 0.15) is 10.9 Å². The van der Waals surface area contributed by atoms with Crippen molar-refractivity contribution in [3.8, 4) is 0 Å². The molecule has 112 valence electrons. The average Bonchev–Trinajstić information content (AvgIpc) is 3.12. The summed E-state index contributed by atoms with van der Waals surface area (Å²) < 4.78 is 9.91. The van der Waals surface area contributed by atoms with Gasteiger partial charge in [-0.15, -0.1) is 0 Å². The Morgan fingerprint density at radius 3 is 3.05 bits per heavy atom. The molecular formula is C15H18N2O3S. The van der Waals surface area contributed by atoms with Crippen LogP contribution in [0.2, 0.25) is 0 Å². The highest BCUT2D eigenvalue weighted by Gasteiger charge is 2.38. The zero-order valence-corrected chi connectivity index (χ0v) is 12.7. The van der Waals surface area contributed by atoms with Crippen LogP contribution in [-0.4, -0.2) is 41.2 Å². The number of anilines is 1. The average molecular weight is 306 g/mol.